The van der Waals surface area contributed by atoms with Crippen molar-refractivity contribution < 1.29 is 52.9 Å². The topological polar surface area (TPSA) is 212 Å². The molecule has 17 heteroatoms. The Morgan fingerprint density at radius 1 is 0.556 bits per heavy atom. The molecule has 3 N–H and O–H groups in total. The van der Waals surface area contributed by atoms with Crippen molar-refractivity contribution in [2.45, 2.75) is 148 Å². The van der Waals surface area contributed by atoms with Crippen LogP contribution in [-0.2, 0) is 38.2 Å². The predicted octanol–water partition coefficient (Wildman–Crippen LogP) is 2.22. The second kappa shape index (κ2) is 20.0. The van der Waals surface area contributed by atoms with E-state index in [0.717, 1.165) is 25.9 Å². The molecule has 0 bridgehead atoms. The van der Waals surface area contributed by atoms with Crippen LogP contribution in [0, 0.1) is 0 Å². The van der Waals surface area contributed by atoms with Crippen LogP contribution in [-0.4, -0.2) is 141 Å². The second-order valence-electron chi connectivity index (χ2n) is 16.2. The number of hydrogen-bond acceptors (Lipinski definition) is 12. The molecule has 0 radical (unpaired) electrons. The number of nitrogens with one attached hydrogen (secondary N) is 2. The van der Waals surface area contributed by atoms with Gasteiger partial charge in [-0.25, -0.2) is 9.59 Å². The lowest BCUT2D eigenvalue weighted by Crippen LogP contribution is -2.49. The van der Waals surface area contributed by atoms with Gasteiger partial charge in [0, 0.05) is 76.8 Å². The fourth-order valence-electron chi connectivity index (χ4n) is 6.58. The van der Waals surface area contributed by atoms with Gasteiger partial charge in [-0.15, -0.1) is 0 Å². The lowest BCUT2D eigenvalue weighted by atomic mass is 10.0. The van der Waals surface area contributed by atoms with Gasteiger partial charge in [-0.05, 0) is 93.2 Å². The van der Waals surface area contributed by atoms with Crippen LogP contribution in [0.5, 0.6) is 0 Å². The Hall–Kier alpha value is -4.12. The van der Waals surface area contributed by atoms with E-state index in [0.29, 0.717) is 90.4 Å². The number of carbonyl (C=O) groups is 8. The third-order valence-electron chi connectivity index (χ3n) is 9.31. The third-order valence-corrected chi connectivity index (χ3v) is 9.31. The van der Waals surface area contributed by atoms with Gasteiger partial charge in [0.15, 0.2) is 0 Å². The fraction of sp³-hybridized carbons (Fsp3) is 0.784. The van der Waals surface area contributed by atoms with Gasteiger partial charge in [0.25, 0.3) is 0 Å². The Morgan fingerprint density at radius 3 is 1.20 bits per heavy atom. The number of rotatable bonds is 2. The normalized spacial score (nSPS) is 21.8. The van der Waals surface area contributed by atoms with Crippen LogP contribution >= 0.6 is 0 Å². The zero-order valence-corrected chi connectivity index (χ0v) is 32.8. The maximum atomic E-state index is 11.9. The highest BCUT2D eigenvalue weighted by atomic mass is 16.6. The van der Waals surface area contributed by atoms with Gasteiger partial charge < -0.3 is 29.7 Å². The quantitative estimate of drug-likeness (QED) is 0.346. The van der Waals surface area contributed by atoms with Gasteiger partial charge in [0.1, 0.15) is 11.2 Å². The van der Waals surface area contributed by atoms with E-state index < -0.39 is 11.2 Å². The molecule has 0 spiro atoms. The van der Waals surface area contributed by atoms with Crippen LogP contribution in [0.15, 0.2) is 0 Å². The van der Waals surface area contributed by atoms with Crippen molar-refractivity contribution in [3.05, 3.63) is 0 Å². The highest BCUT2D eigenvalue weighted by Gasteiger charge is 2.38. The van der Waals surface area contributed by atoms with Crippen molar-refractivity contribution in [3.63, 3.8) is 0 Å². The van der Waals surface area contributed by atoms with Gasteiger partial charge in [0.05, 0.1) is 6.10 Å². The monoisotopic (exact) mass is 764 g/mol. The average molecular weight is 765 g/mol. The molecule has 304 valence electrons. The lowest BCUT2D eigenvalue weighted by molar-refractivity contribution is -0.143. The molecular formula is C37H60N6O11. The first kappa shape index (κ1) is 44.3. The van der Waals surface area contributed by atoms with Gasteiger partial charge in [-0.1, -0.05) is 0 Å². The molecule has 6 fully saturated rings. The molecule has 6 aliphatic rings. The Labute approximate surface area is 317 Å². The van der Waals surface area contributed by atoms with Crippen LogP contribution in [0.1, 0.15) is 119 Å². The first-order valence-corrected chi connectivity index (χ1v) is 19.1. The predicted molar refractivity (Wildman–Crippen MR) is 194 cm³/mol. The summed E-state index contributed by atoms with van der Waals surface area (Å²) in [6, 6.07) is 0.111. The van der Waals surface area contributed by atoms with Crippen molar-refractivity contribution in [1.82, 2.24) is 30.2 Å². The summed E-state index contributed by atoms with van der Waals surface area (Å²) in [5.74, 6) is -0.403. The summed E-state index contributed by atoms with van der Waals surface area (Å²) in [7, 11) is 0. The van der Waals surface area contributed by atoms with Crippen molar-refractivity contribution in [2.75, 3.05) is 39.3 Å². The number of amides is 8. The molecular weight excluding hydrogens is 704 g/mol. The SMILES string of the molecule is CC(C)(C)OC(=O)N1CCC(N2C(=O)CCC2=O)CC1.CC(C)(C)OC(=O)N1CCC(O)CC1.O=C1CCC(=O)N1.O=C1CCC(=O)N1C1CCNCC1. The van der Waals surface area contributed by atoms with Crippen molar-refractivity contribution in [1.29, 1.82) is 0 Å². The number of carbonyl (C=O) groups excluding carboxylic acids is 8. The minimum atomic E-state index is -0.505. The van der Waals surface area contributed by atoms with Gasteiger partial charge in [-0.3, -0.25) is 43.9 Å². The average Bonchev–Trinajstić information content (AvgIpc) is 3.76. The second-order valence-corrected chi connectivity index (χ2v) is 16.2. The largest absolute Gasteiger partial charge is 0.444 e. The Kier molecular flexibility index (Phi) is 16.4. The van der Waals surface area contributed by atoms with E-state index in [1.165, 1.54) is 9.80 Å². The Bertz CT molecular complexity index is 1320. The minimum Gasteiger partial charge on any atom is -0.444 e. The minimum absolute atomic E-state index is 0.0249. The zero-order valence-electron chi connectivity index (χ0n) is 32.8. The number of nitrogens with zero attached hydrogens (tertiary/aromatic N) is 4. The van der Waals surface area contributed by atoms with E-state index in [4.69, 9.17) is 9.47 Å². The number of imide groups is 3. The van der Waals surface area contributed by atoms with E-state index in [9.17, 15) is 43.5 Å². The fourth-order valence-corrected chi connectivity index (χ4v) is 6.58. The maximum Gasteiger partial charge on any atom is 0.410 e. The molecule has 54 heavy (non-hydrogen) atoms. The number of likely N-dealkylation sites (tertiary alicyclic amines) is 4. The first-order valence-electron chi connectivity index (χ1n) is 19.1. The van der Waals surface area contributed by atoms with Gasteiger partial charge >= 0.3 is 12.2 Å². The highest BCUT2D eigenvalue weighted by molar-refractivity contribution is 6.03. The van der Waals surface area contributed by atoms with Crippen LogP contribution in [0.25, 0.3) is 0 Å². The molecule has 6 heterocycles. The van der Waals surface area contributed by atoms with Gasteiger partial charge in [-0.2, -0.15) is 0 Å². The van der Waals surface area contributed by atoms with Crippen molar-refractivity contribution in [2.24, 2.45) is 0 Å². The Morgan fingerprint density at radius 2 is 0.889 bits per heavy atom. The van der Waals surface area contributed by atoms with E-state index >= 15 is 0 Å². The Balaban J connectivity index is 0.000000204. The molecule has 8 amide bonds. The number of piperidine rings is 3. The molecule has 0 aromatic heterocycles. The van der Waals surface area contributed by atoms with Gasteiger partial charge in [0.2, 0.25) is 35.4 Å². The molecule has 0 aromatic rings. The molecule has 0 saturated carbocycles. The van der Waals surface area contributed by atoms with Crippen LogP contribution in [0.2, 0.25) is 0 Å². The van der Waals surface area contributed by atoms with Crippen LogP contribution in [0.3, 0.4) is 0 Å². The maximum absolute atomic E-state index is 11.9. The summed E-state index contributed by atoms with van der Waals surface area (Å²) in [5.41, 5.74) is -0.942. The molecule has 6 aliphatic heterocycles. The summed E-state index contributed by atoms with van der Waals surface area (Å²) in [4.78, 5) is 96.0. The molecule has 0 aliphatic carbocycles. The van der Waals surface area contributed by atoms with Crippen LogP contribution < -0.4 is 10.6 Å². The number of aliphatic hydroxyl groups is 1. The summed E-state index contributed by atoms with van der Waals surface area (Å²) in [6.45, 7) is 15.1. The highest BCUT2D eigenvalue weighted by Crippen LogP contribution is 2.24. The summed E-state index contributed by atoms with van der Waals surface area (Å²) in [6.07, 6.45) is 5.79. The lowest BCUT2D eigenvalue weighted by Gasteiger charge is -2.36. The van der Waals surface area contributed by atoms with E-state index in [2.05, 4.69) is 10.6 Å². The molecule has 0 unspecified atom stereocenters. The summed E-state index contributed by atoms with van der Waals surface area (Å²) < 4.78 is 10.5. The standard InChI is InChI=1S/C14H22N2O4.C10H19NO3.C9H14N2O2.C4H5NO2/c1-14(2,3)20-13(19)15-8-6-10(7-9-15)16-11(17)4-5-12(16)18;1-10(2,3)14-9(13)11-6-4-8(12)5-7-11;12-8-1-2-9(13)11(8)7-3-5-10-6-4-7;6-3-1-2-4(7)5-3/h10H,4-9H2,1-3H3;8,12H,4-7H2,1-3H3;7,10H,1-6H2;1-2H2,(H,5,6,7). The molecule has 0 atom stereocenters. The zero-order chi connectivity index (χ0) is 40.2. The van der Waals surface area contributed by atoms with Crippen molar-refractivity contribution >= 4 is 47.6 Å². The summed E-state index contributed by atoms with van der Waals surface area (Å²) in [5, 5.41) is 14.6. The number of hydrogen-bond donors (Lipinski definition) is 3. The van der Waals surface area contributed by atoms with Crippen molar-refractivity contribution in [3.8, 4) is 0 Å². The van der Waals surface area contributed by atoms with E-state index in [-0.39, 0.29) is 65.8 Å². The molecule has 6 rings (SSSR count). The smallest absolute Gasteiger partial charge is 0.410 e. The molecule has 0 aromatic carbocycles. The van der Waals surface area contributed by atoms with E-state index in [1.807, 2.05) is 41.5 Å². The molecule has 6 saturated heterocycles. The number of ether oxygens (including phenoxy) is 2. The van der Waals surface area contributed by atoms with Crippen LogP contribution in [0.4, 0.5) is 9.59 Å². The third kappa shape index (κ3) is 14.6. The van der Waals surface area contributed by atoms with E-state index in [1.54, 1.807) is 9.80 Å². The molecule has 17 nitrogen and oxygen atoms in total. The first-order chi connectivity index (χ1) is 25.2. The number of aliphatic hydroxyl groups excluding tert-OH is 1. The summed E-state index contributed by atoms with van der Waals surface area (Å²) >= 11 is 0.